The van der Waals surface area contributed by atoms with E-state index in [-0.39, 0.29) is 18.6 Å². The lowest BCUT2D eigenvalue weighted by Crippen LogP contribution is -2.48. The summed E-state index contributed by atoms with van der Waals surface area (Å²) in [5.74, 6) is 2.98. The number of carbonyl (C=O) groups is 1. The topological polar surface area (TPSA) is 81.8 Å². The first kappa shape index (κ1) is 19.7. The molecule has 144 valence electrons. The molecule has 0 unspecified atom stereocenters. The third-order valence-electron chi connectivity index (χ3n) is 4.83. The van der Waals surface area contributed by atoms with Gasteiger partial charge in [0, 0.05) is 24.2 Å². The Bertz CT molecular complexity index is 906. The number of rotatable bonds is 5. The van der Waals surface area contributed by atoms with Gasteiger partial charge in [-0.1, -0.05) is 18.2 Å². The monoisotopic (exact) mass is 395 g/mol. The van der Waals surface area contributed by atoms with E-state index in [1.165, 1.54) is 11.3 Å². The molecule has 28 heavy (non-hydrogen) atoms. The summed E-state index contributed by atoms with van der Waals surface area (Å²) in [6.45, 7) is 8.73. The van der Waals surface area contributed by atoms with E-state index >= 15 is 0 Å². The molecule has 8 heteroatoms. The summed E-state index contributed by atoms with van der Waals surface area (Å²) < 4.78 is 0. The van der Waals surface area contributed by atoms with Crippen molar-refractivity contribution in [2.24, 2.45) is 5.92 Å². The Labute approximate surface area is 168 Å². The van der Waals surface area contributed by atoms with E-state index in [0.29, 0.717) is 16.5 Å². The van der Waals surface area contributed by atoms with E-state index in [1.807, 2.05) is 24.3 Å². The van der Waals surface area contributed by atoms with Gasteiger partial charge in [-0.05, 0) is 30.7 Å². The first-order valence-electron chi connectivity index (χ1n) is 8.96. The number of amides is 2. The Hall–Kier alpha value is -3.07. The highest BCUT2D eigenvalue weighted by Gasteiger charge is 2.28. The number of aliphatic hydroxyl groups is 1. The van der Waals surface area contributed by atoms with Gasteiger partial charge in [-0.2, -0.15) is 0 Å². The van der Waals surface area contributed by atoms with Crippen LogP contribution in [0.4, 0.5) is 22.0 Å². The summed E-state index contributed by atoms with van der Waals surface area (Å²) in [6, 6.07) is 6.82. The Kier molecular flexibility index (Phi) is 6.49. The smallest absolute Gasteiger partial charge is 0.320 e. The van der Waals surface area contributed by atoms with Gasteiger partial charge in [-0.25, -0.2) is 14.6 Å². The number of urea groups is 1. The molecule has 1 atom stereocenters. The van der Waals surface area contributed by atoms with Crippen molar-refractivity contribution in [2.45, 2.75) is 18.9 Å². The highest BCUT2D eigenvalue weighted by atomic mass is 32.1. The average molecular weight is 395 g/mol. The van der Waals surface area contributed by atoms with E-state index in [4.69, 9.17) is 13.0 Å². The number of para-hydroxylation sites is 2. The molecule has 0 bridgehead atoms. The van der Waals surface area contributed by atoms with Crippen LogP contribution >= 0.6 is 11.3 Å². The van der Waals surface area contributed by atoms with Crippen LogP contribution in [0.15, 0.2) is 29.6 Å². The first-order chi connectivity index (χ1) is 13.6. The van der Waals surface area contributed by atoms with Crippen molar-refractivity contribution < 1.29 is 9.90 Å². The maximum absolute atomic E-state index is 12.2. The van der Waals surface area contributed by atoms with Crippen LogP contribution in [0.5, 0.6) is 0 Å². The molecule has 1 aliphatic rings. The van der Waals surface area contributed by atoms with Gasteiger partial charge in [0.15, 0.2) is 5.01 Å². The van der Waals surface area contributed by atoms with Gasteiger partial charge >= 0.3 is 6.03 Å². The third kappa shape index (κ3) is 4.61. The molecule has 1 saturated heterocycles. The maximum atomic E-state index is 12.2. The fourth-order valence-electron chi connectivity index (χ4n) is 3.40. The van der Waals surface area contributed by atoms with Crippen LogP contribution in [-0.2, 0) is 0 Å². The van der Waals surface area contributed by atoms with Gasteiger partial charge < -0.3 is 15.3 Å². The van der Waals surface area contributed by atoms with E-state index < -0.39 is 6.03 Å². The minimum atomic E-state index is -0.409. The molecule has 2 amide bonds. The molecule has 2 aromatic rings. The van der Waals surface area contributed by atoms with Crippen LogP contribution in [-0.4, -0.2) is 41.9 Å². The normalized spacial score (nSPS) is 15.3. The zero-order valence-electron chi connectivity index (χ0n) is 15.3. The molecule has 3 N–H and O–H groups in total. The number of piperidine rings is 1. The largest absolute Gasteiger partial charge is 0.394 e. The van der Waals surface area contributed by atoms with Crippen molar-refractivity contribution in [1.29, 1.82) is 0 Å². The number of carbonyl (C=O) groups excluding carboxylic acids is 1. The average Bonchev–Trinajstić information content (AvgIpc) is 3.19. The molecule has 7 nitrogen and oxygen atoms in total. The molecular formula is C20H21N5O2S. The van der Waals surface area contributed by atoms with Crippen LogP contribution < -0.4 is 15.5 Å². The molecule has 3 rings (SSSR count). The number of thiazole rings is 1. The molecule has 0 spiro atoms. The Morgan fingerprint density at radius 3 is 2.86 bits per heavy atom. The van der Waals surface area contributed by atoms with Crippen LogP contribution in [0.1, 0.15) is 17.8 Å². The van der Waals surface area contributed by atoms with E-state index in [9.17, 15) is 9.90 Å². The summed E-state index contributed by atoms with van der Waals surface area (Å²) in [6.07, 6.45) is 6.91. The second-order valence-corrected chi connectivity index (χ2v) is 7.35. The molecule has 0 radical (unpaired) electrons. The summed E-state index contributed by atoms with van der Waals surface area (Å²) in [4.78, 5) is 22.1. The number of anilines is 2. The molecule has 0 aliphatic carbocycles. The van der Waals surface area contributed by atoms with E-state index in [1.54, 1.807) is 5.38 Å². The molecule has 1 aromatic heterocycles. The van der Waals surface area contributed by atoms with Gasteiger partial charge in [-0.15, -0.1) is 17.8 Å². The molecule has 1 aliphatic heterocycles. The lowest BCUT2D eigenvalue weighted by Gasteiger charge is -2.37. The fourth-order valence-corrected chi connectivity index (χ4v) is 3.95. The minimum Gasteiger partial charge on any atom is -0.394 e. The van der Waals surface area contributed by atoms with Gasteiger partial charge in [0.25, 0.3) is 0 Å². The van der Waals surface area contributed by atoms with E-state index in [0.717, 1.165) is 31.6 Å². The number of aromatic nitrogens is 1. The number of hydrogen-bond donors (Lipinski definition) is 3. The number of benzene rings is 1. The summed E-state index contributed by atoms with van der Waals surface area (Å²) in [7, 11) is 0. The van der Waals surface area contributed by atoms with Crippen molar-refractivity contribution in [3.8, 4) is 12.3 Å². The highest BCUT2D eigenvalue weighted by molar-refractivity contribution is 7.10. The quantitative estimate of drug-likeness (QED) is 0.537. The Morgan fingerprint density at radius 1 is 1.46 bits per heavy atom. The lowest BCUT2D eigenvalue weighted by atomic mass is 9.89. The fraction of sp³-hybridized carbons (Fsp3) is 0.350. The molecule has 1 fully saturated rings. The van der Waals surface area contributed by atoms with Gasteiger partial charge in [0.05, 0.1) is 19.2 Å². The van der Waals surface area contributed by atoms with Crippen molar-refractivity contribution in [3.63, 3.8) is 0 Å². The van der Waals surface area contributed by atoms with Crippen LogP contribution in [0.3, 0.4) is 0 Å². The number of nitrogens with one attached hydrogen (secondary N) is 2. The van der Waals surface area contributed by atoms with Crippen LogP contribution in [0, 0.1) is 24.8 Å². The first-order valence-corrected chi connectivity index (χ1v) is 9.84. The lowest BCUT2D eigenvalue weighted by molar-refractivity contribution is 0.181. The zero-order valence-corrected chi connectivity index (χ0v) is 16.1. The van der Waals surface area contributed by atoms with Crippen LogP contribution in [0.25, 0.3) is 4.85 Å². The zero-order chi connectivity index (χ0) is 19.9. The molecule has 0 saturated carbocycles. The van der Waals surface area contributed by atoms with E-state index in [2.05, 4.69) is 31.3 Å². The van der Waals surface area contributed by atoms with Gasteiger partial charge in [0.2, 0.25) is 5.69 Å². The molecule has 2 heterocycles. The second-order valence-electron chi connectivity index (χ2n) is 6.49. The Balaban J connectivity index is 1.55. The maximum Gasteiger partial charge on any atom is 0.320 e. The van der Waals surface area contributed by atoms with Gasteiger partial charge in [-0.3, -0.25) is 5.32 Å². The summed E-state index contributed by atoms with van der Waals surface area (Å²) >= 11 is 1.28. The Morgan fingerprint density at radius 2 is 2.21 bits per heavy atom. The standard InChI is InChI=1S/C20H21N5O2S/c1-3-19-23-18(13-28-19)24-20(27)22-16(12-26)14-8-10-25(11-9-14)17-7-5-4-6-15(17)21-2/h1,4-7,13-14,16,26H,8-12H2,(H2,22,24,27)/t16-/m1/s1. The number of aliphatic hydroxyl groups excluding tert-OH is 1. The van der Waals surface area contributed by atoms with Crippen molar-refractivity contribution in [2.75, 3.05) is 29.9 Å². The summed E-state index contributed by atoms with van der Waals surface area (Å²) in [5.41, 5.74) is 1.59. The molecule has 1 aromatic carbocycles. The highest BCUT2D eigenvalue weighted by Crippen LogP contribution is 2.32. The SMILES string of the molecule is [C-]#[N+]c1ccccc1N1CCC([C@@H](CO)NC(=O)Nc2csc(C#C)n2)CC1. The second kappa shape index (κ2) is 9.23. The van der Waals surface area contributed by atoms with Crippen molar-refractivity contribution in [3.05, 3.63) is 46.1 Å². The van der Waals surface area contributed by atoms with Gasteiger partial charge in [0.1, 0.15) is 5.82 Å². The third-order valence-corrected chi connectivity index (χ3v) is 5.61. The number of terminal acetylenes is 1. The van der Waals surface area contributed by atoms with Crippen molar-refractivity contribution in [1.82, 2.24) is 10.3 Å². The number of nitrogens with zero attached hydrogens (tertiary/aromatic N) is 3. The predicted octanol–water partition coefficient (Wildman–Crippen LogP) is 3.07. The molecular weight excluding hydrogens is 374 g/mol. The van der Waals surface area contributed by atoms with Crippen LogP contribution in [0.2, 0.25) is 0 Å². The minimum absolute atomic E-state index is 0.136. The van der Waals surface area contributed by atoms with Crippen molar-refractivity contribution >= 4 is 34.6 Å². The predicted molar refractivity (Wildman–Crippen MR) is 111 cm³/mol. The summed E-state index contributed by atoms with van der Waals surface area (Å²) in [5, 5.41) is 17.4. The number of hydrogen-bond acceptors (Lipinski definition) is 5.